The number of allylic oxidation sites excluding steroid dienone is 8. The van der Waals surface area contributed by atoms with Crippen molar-refractivity contribution in [3.8, 4) is 0 Å². The molecule has 0 spiro atoms. The lowest BCUT2D eigenvalue weighted by Gasteiger charge is -1.85. The number of hydrogen-bond acceptors (Lipinski definition) is 1. The summed E-state index contributed by atoms with van der Waals surface area (Å²) in [6, 6.07) is 0. The van der Waals surface area contributed by atoms with Gasteiger partial charge in [-0.2, -0.15) is 0 Å². The van der Waals surface area contributed by atoms with Crippen molar-refractivity contribution in [2.24, 2.45) is 5.73 Å². The fraction of sp³-hybridized carbons (Fsp3) is 0.0909. The lowest BCUT2D eigenvalue weighted by Crippen LogP contribution is -1.72. The Morgan fingerprint density at radius 1 is 1.17 bits per heavy atom. The van der Waals surface area contributed by atoms with Gasteiger partial charge in [-0.05, 0) is 19.2 Å². The monoisotopic (exact) mass is 161 g/mol. The number of nitrogens with two attached hydrogens (primary N) is 1. The summed E-state index contributed by atoms with van der Waals surface area (Å²) in [5, 5.41) is 0. The Labute approximate surface area is 74.3 Å². The van der Waals surface area contributed by atoms with E-state index < -0.39 is 0 Å². The Bertz CT molecular complexity index is 229. The molecule has 1 heteroatoms. The average Bonchev–Trinajstić information content (AvgIpc) is 2.06. The third kappa shape index (κ3) is 6.62. The Hall–Kier alpha value is -1.50. The van der Waals surface area contributed by atoms with Gasteiger partial charge in [-0.3, -0.25) is 0 Å². The van der Waals surface area contributed by atoms with Crippen molar-refractivity contribution >= 4 is 0 Å². The summed E-state index contributed by atoms with van der Waals surface area (Å²) in [6.07, 6.45) is 14.7. The van der Waals surface area contributed by atoms with E-state index in [0.717, 1.165) is 0 Å². The molecule has 1 nitrogen and oxygen atoms in total. The second kappa shape index (κ2) is 7.61. The van der Waals surface area contributed by atoms with E-state index in [1.54, 1.807) is 12.2 Å². The van der Waals surface area contributed by atoms with Gasteiger partial charge in [-0.15, -0.1) is 0 Å². The quantitative estimate of drug-likeness (QED) is 0.630. The summed E-state index contributed by atoms with van der Waals surface area (Å²) in [5.41, 5.74) is 6.33. The van der Waals surface area contributed by atoms with E-state index in [4.69, 9.17) is 5.73 Å². The van der Waals surface area contributed by atoms with Crippen LogP contribution in [0.25, 0.3) is 0 Å². The van der Waals surface area contributed by atoms with Gasteiger partial charge in [0.2, 0.25) is 0 Å². The molecule has 0 fully saturated rings. The highest BCUT2D eigenvalue weighted by atomic mass is 14.5. The molecule has 0 radical (unpaired) electrons. The Kier molecular flexibility index (Phi) is 6.65. The minimum absolute atomic E-state index is 1.17. The molecular formula is C11H15N. The lowest BCUT2D eigenvalue weighted by atomic mass is 10.2. The zero-order chi connectivity index (χ0) is 9.23. The summed E-state index contributed by atoms with van der Waals surface area (Å²) in [7, 11) is 0. The van der Waals surface area contributed by atoms with Crippen molar-refractivity contribution in [1.29, 1.82) is 0 Å². The van der Waals surface area contributed by atoms with E-state index in [0.29, 0.717) is 0 Å². The van der Waals surface area contributed by atoms with Crippen LogP contribution in [0.2, 0.25) is 0 Å². The molecular weight excluding hydrogens is 146 g/mol. The first-order valence-corrected chi connectivity index (χ1v) is 3.82. The molecule has 0 saturated carbocycles. The van der Waals surface area contributed by atoms with E-state index in [-0.39, 0.29) is 0 Å². The third-order valence-electron chi connectivity index (χ3n) is 1.19. The van der Waals surface area contributed by atoms with E-state index in [1.165, 1.54) is 11.8 Å². The highest BCUT2D eigenvalue weighted by molar-refractivity contribution is 5.25. The minimum atomic E-state index is 1.17. The predicted molar refractivity (Wildman–Crippen MR) is 55.6 cm³/mol. The fourth-order valence-electron chi connectivity index (χ4n) is 0.613. The van der Waals surface area contributed by atoms with Crippen LogP contribution in [0, 0.1) is 0 Å². The molecule has 0 aromatic heterocycles. The molecule has 0 unspecified atom stereocenters. The number of rotatable bonds is 4. The van der Waals surface area contributed by atoms with E-state index in [9.17, 15) is 0 Å². The zero-order valence-corrected chi connectivity index (χ0v) is 7.40. The maximum Gasteiger partial charge on any atom is -0.00624 e. The van der Waals surface area contributed by atoms with E-state index >= 15 is 0 Å². The maximum atomic E-state index is 5.16. The van der Waals surface area contributed by atoms with Crippen LogP contribution in [0.15, 0.2) is 60.9 Å². The molecule has 12 heavy (non-hydrogen) atoms. The van der Waals surface area contributed by atoms with Crippen LogP contribution in [0.1, 0.15) is 6.92 Å². The molecule has 0 aromatic carbocycles. The van der Waals surface area contributed by atoms with Crippen molar-refractivity contribution in [2.75, 3.05) is 0 Å². The van der Waals surface area contributed by atoms with Gasteiger partial charge in [-0.1, -0.05) is 48.6 Å². The Balaban J connectivity index is 4.01. The van der Waals surface area contributed by atoms with Crippen LogP contribution < -0.4 is 5.73 Å². The summed E-state index contributed by atoms with van der Waals surface area (Å²) >= 11 is 0. The van der Waals surface area contributed by atoms with Crippen molar-refractivity contribution in [3.05, 3.63) is 60.9 Å². The Morgan fingerprint density at radius 3 is 2.50 bits per heavy atom. The molecule has 2 N–H and O–H groups in total. The van der Waals surface area contributed by atoms with Crippen LogP contribution in [0.4, 0.5) is 0 Å². The minimum Gasteiger partial charge on any atom is -0.405 e. The first-order valence-electron chi connectivity index (χ1n) is 3.82. The second-order valence-electron chi connectivity index (χ2n) is 2.28. The first-order chi connectivity index (χ1) is 5.81. The average molecular weight is 161 g/mol. The third-order valence-corrected chi connectivity index (χ3v) is 1.19. The van der Waals surface area contributed by atoms with Gasteiger partial charge >= 0.3 is 0 Å². The van der Waals surface area contributed by atoms with E-state index in [1.807, 2.05) is 37.3 Å². The van der Waals surface area contributed by atoms with Gasteiger partial charge in [0.15, 0.2) is 0 Å². The predicted octanol–water partition coefficient (Wildman–Crippen LogP) is 2.70. The maximum absolute atomic E-state index is 5.16. The van der Waals surface area contributed by atoms with Gasteiger partial charge < -0.3 is 5.73 Å². The molecule has 0 heterocycles. The summed E-state index contributed by atoms with van der Waals surface area (Å²) in [4.78, 5) is 0. The van der Waals surface area contributed by atoms with Gasteiger partial charge in [0, 0.05) is 0 Å². The summed E-state index contributed by atoms with van der Waals surface area (Å²) in [6.45, 7) is 5.59. The van der Waals surface area contributed by atoms with Crippen molar-refractivity contribution < 1.29 is 0 Å². The largest absolute Gasteiger partial charge is 0.405 e. The number of hydrogen-bond donors (Lipinski definition) is 1. The summed E-state index contributed by atoms with van der Waals surface area (Å²) < 4.78 is 0. The standard InChI is InChI=1S/C11H15N/c1-3-4-5-8-11(2)9-6-7-10-12/h3-10H,1,12H2,2H3/b5-4+,9-6+,10-7+,11-8+. The zero-order valence-electron chi connectivity index (χ0n) is 7.40. The molecule has 0 atom stereocenters. The van der Waals surface area contributed by atoms with Crippen LogP contribution >= 0.6 is 0 Å². The highest BCUT2D eigenvalue weighted by Gasteiger charge is 1.74. The lowest BCUT2D eigenvalue weighted by molar-refractivity contribution is 1.51. The van der Waals surface area contributed by atoms with Crippen molar-refractivity contribution in [3.63, 3.8) is 0 Å². The molecule has 0 rings (SSSR count). The second-order valence-corrected chi connectivity index (χ2v) is 2.28. The molecule has 0 amide bonds. The molecule has 0 aliphatic carbocycles. The van der Waals surface area contributed by atoms with Crippen LogP contribution in [-0.4, -0.2) is 0 Å². The highest BCUT2D eigenvalue weighted by Crippen LogP contribution is 1.95. The van der Waals surface area contributed by atoms with E-state index in [2.05, 4.69) is 6.58 Å². The fourth-order valence-corrected chi connectivity index (χ4v) is 0.613. The van der Waals surface area contributed by atoms with Gasteiger partial charge in [0.05, 0.1) is 0 Å². The van der Waals surface area contributed by atoms with Crippen molar-refractivity contribution in [2.45, 2.75) is 6.92 Å². The SMILES string of the molecule is C=C/C=C/C=C(C)/C=C/C=C/N. The molecule has 0 aliphatic heterocycles. The van der Waals surface area contributed by atoms with Crippen molar-refractivity contribution in [1.82, 2.24) is 0 Å². The van der Waals surface area contributed by atoms with Gasteiger partial charge in [-0.25, -0.2) is 0 Å². The normalized spacial score (nSPS) is 13.6. The van der Waals surface area contributed by atoms with Crippen LogP contribution in [-0.2, 0) is 0 Å². The van der Waals surface area contributed by atoms with Crippen LogP contribution in [0.3, 0.4) is 0 Å². The Morgan fingerprint density at radius 2 is 1.92 bits per heavy atom. The summed E-state index contributed by atoms with van der Waals surface area (Å²) in [5.74, 6) is 0. The molecule has 0 saturated heterocycles. The molecule has 0 aromatic rings. The topological polar surface area (TPSA) is 26.0 Å². The smallest absolute Gasteiger partial charge is 0.00624 e. The first kappa shape index (κ1) is 10.5. The molecule has 0 aliphatic rings. The van der Waals surface area contributed by atoms with Gasteiger partial charge in [0.1, 0.15) is 0 Å². The molecule has 64 valence electrons. The van der Waals surface area contributed by atoms with Gasteiger partial charge in [0.25, 0.3) is 0 Å². The van der Waals surface area contributed by atoms with Crippen LogP contribution in [0.5, 0.6) is 0 Å². The molecule has 0 bridgehead atoms.